The van der Waals surface area contributed by atoms with Crippen LogP contribution in [0.5, 0.6) is 0 Å². The maximum atomic E-state index is 13.1. The van der Waals surface area contributed by atoms with Crippen molar-refractivity contribution >= 4 is 11.5 Å². The van der Waals surface area contributed by atoms with Crippen LogP contribution in [-0.4, -0.2) is 30.1 Å². The highest BCUT2D eigenvalue weighted by Crippen LogP contribution is 2.25. The Morgan fingerprint density at radius 3 is 2.88 bits per heavy atom. The third-order valence-electron chi connectivity index (χ3n) is 2.75. The number of anilines is 1. The van der Waals surface area contributed by atoms with Gasteiger partial charge < -0.3 is 15.7 Å². The number of hydrogen-bond acceptors (Lipinski definition) is 3. The zero-order valence-electron chi connectivity index (χ0n) is 8.78. The van der Waals surface area contributed by atoms with Crippen LogP contribution in [0.3, 0.4) is 0 Å². The summed E-state index contributed by atoms with van der Waals surface area (Å²) in [7, 11) is 0. The highest BCUT2D eigenvalue weighted by atomic mass is 19.1. The van der Waals surface area contributed by atoms with Crippen LogP contribution in [-0.2, 0) is 0 Å². The molecule has 16 heavy (non-hydrogen) atoms. The van der Waals surface area contributed by atoms with Gasteiger partial charge in [0.25, 0.3) is 0 Å². The van der Waals surface area contributed by atoms with E-state index < -0.39 is 5.82 Å². The van der Waals surface area contributed by atoms with Gasteiger partial charge >= 0.3 is 0 Å². The molecule has 4 nitrogen and oxygen atoms in total. The molecule has 1 atom stereocenters. The Morgan fingerprint density at radius 2 is 2.31 bits per heavy atom. The molecule has 0 amide bonds. The van der Waals surface area contributed by atoms with Crippen molar-refractivity contribution in [2.45, 2.75) is 12.5 Å². The molecule has 0 aromatic heterocycles. The van der Waals surface area contributed by atoms with Crippen LogP contribution in [0, 0.1) is 11.2 Å². The standard InChI is InChI=1S/C11H14FN3O/c12-7-1-2-10(9(5-7)11(13)14)15-4-3-8(16)6-15/h1-2,5,8,16H,3-4,6H2,(H3,13,14). The molecule has 0 spiro atoms. The number of amidine groups is 1. The Hall–Kier alpha value is -1.62. The molecule has 0 aliphatic carbocycles. The predicted octanol–water partition coefficient (Wildman–Crippen LogP) is 0.681. The number of β-amino-alcohol motifs (C(OH)–C–C–N with tert-alkyl or cyclic N) is 1. The summed E-state index contributed by atoms with van der Waals surface area (Å²) in [5, 5.41) is 16.9. The Bertz CT molecular complexity index is 422. The van der Waals surface area contributed by atoms with Crippen LogP contribution in [0.15, 0.2) is 18.2 Å². The number of nitrogens with zero attached hydrogens (tertiary/aromatic N) is 1. The van der Waals surface area contributed by atoms with E-state index in [-0.39, 0.29) is 11.9 Å². The smallest absolute Gasteiger partial charge is 0.125 e. The summed E-state index contributed by atoms with van der Waals surface area (Å²) in [6.07, 6.45) is 0.333. The largest absolute Gasteiger partial charge is 0.391 e. The van der Waals surface area contributed by atoms with Crippen molar-refractivity contribution in [2.24, 2.45) is 5.73 Å². The second-order valence-electron chi connectivity index (χ2n) is 3.96. The van der Waals surface area contributed by atoms with Crippen molar-refractivity contribution in [3.63, 3.8) is 0 Å². The van der Waals surface area contributed by atoms with Crippen LogP contribution < -0.4 is 10.6 Å². The van der Waals surface area contributed by atoms with E-state index in [1.165, 1.54) is 12.1 Å². The topological polar surface area (TPSA) is 73.3 Å². The van der Waals surface area contributed by atoms with Gasteiger partial charge in [0.05, 0.1) is 6.10 Å². The molecular weight excluding hydrogens is 209 g/mol. The fraction of sp³-hybridized carbons (Fsp3) is 0.364. The summed E-state index contributed by atoms with van der Waals surface area (Å²) in [6, 6.07) is 4.19. The summed E-state index contributed by atoms with van der Waals surface area (Å²) >= 11 is 0. The zero-order valence-corrected chi connectivity index (χ0v) is 8.78. The zero-order chi connectivity index (χ0) is 11.7. The van der Waals surface area contributed by atoms with Gasteiger partial charge in [-0.2, -0.15) is 0 Å². The molecule has 1 aromatic rings. The number of hydrogen-bond donors (Lipinski definition) is 3. The first kappa shape index (κ1) is 10.9. The molecule has 1 unspecified atom stereocenters. The van der Waals surface area contributed by atoms with Gasteiger partial charge in [0.2, 0.25) is 0 Å². The van der Waals surface area contributed by atoms with Crippen molar-refractivity contribution in [2.75, 3.05) is 18.0 Å². The van der Waals surface area contributed by atoms with Gasteiger partial charge in [-0.3, -0.25) is 5.41 Å². The normalized spacial score (nSPS) is 20.1. The van der Waals surface area contributed by atoms with E-state index in [1.54, 1.807) is 6.07 Å². The van der Waals surface area contributed by atoms with Crippen LogP contribution in [0.4, 0.5) is 10.1 Å². The van der Waals surface area contributed by atoms with Crippen LogP contribution in [0.2, 0.25) is 0 Å². The summed E-state index contributed by atoms with van der Waals surface area (Å²) in [4.78, 5) is 1.92. The van der Waals surface area contributed by atoms with E-state index in [9.17, 15) is 9.50 Å². The highest BCUT2D eigenvalue weighted by molar-refractivity contribution is 6.00. The summed E-state index contributed by atoms with van der Waals surface area (Å²) in [6.45, 7) is 1.21. The van der Waals surface area contributed by atoms with Gasteiger partial charge in [0, 0.05) is 24.3 Å². The number of halogens is 1. The third-order valence-corrected chi connectivity index (χ3v) is 2.75. The highest BCUT2D eigenvalue weighted by Gasteiger charge is 2.23. The van der Waals surface area contributed by atoms with E-state index >= 15 is 0 Å². The summed E-state index contributed by atoms with van der Waals surface area (Å²) in [5.74, 6) is -0.565. The monoisotopic (exact) mass is 223 g/mol. The molecule has 86 valence electrons. The van der Waals surface area contributed by atoms with E-state index in [4.69, 9.17) is 11.1 Å². The van der Waals surface area contributed by atoms with Gasteiger partial charge in [0.15, 0.2) is 0 Å². The van der Waals surface area contributed by atoms with Gasteiger partial charge in [0.1, 0.15) is 11.7 Å². The van der Waals surface area contributed by atoms with Crippen molar-refractivity contribution in [1.82, 2.24) is 0 Å². The van der Waals surface area contributed by atoms with E-state index in [0.29, 0.717) is 30.8 Å². The molecule has 1 heterocycles. The number of rotatable bonds is 2. The Labute approximate surface area is 93.0 Å². The molecule has 1 aliphatic rings. The molecule has 0 saturated carbocycles. The van der Waals surface area contributed by atoms with Crippen LogP contribution in [0.25, 0.3) is 0 Å². The lowest BCUT2D eigenvalue weighted by Crippen LogP contribution is -2.25. The Morgan fingerprint density at radius 1 is 1.56 bits per heavy atom. The van der Waals surface area contributed by atoms with E-state index in [1.807, 2.05) is 4.90 Å². The second-order valence-corrected chi connectivity index (χ2v) is 3.96. The fourth-order valence-corrected chi connectivity index (χ4v) is 1.96. The van der Waals surface area contributed by atoms with Crippen LogP contribution in [0.1, 0.15) is 12.0 Å². The van der Waals surface area contributed by atoms with Crippen molar-refractivity contribution in [3.05, 3.63) is 29.6 Å². The van der Waals surface area contributed by atoms with E-state index in [2.05, 4.69) is 0 Å². The molecule has 0 radical (unpaired) electrons. The van der Waals surface area contributed by atoms with Gasteiger partial charge in [-0.15, -0.1) is 0 Å². The average Bonchev–Trinajstić information content (AvgIpc) is 2.64. The molecule has 1 aliphatic heterocycles. The Kier molecular flexibility index (Phi) is 2.78. The van der Waals surface area contributed by atoms with Crippen molar-refractivity contribution in [3.8, 4) is 0 Å². The van der Waals surface area contributed by atoms with Crippen LogP contribution >= 0.6 is 0 Å². The first-order valence-electron chi connectivity index (χ1n) is 5.15. The SMILES string of the molecule is N=C(N)c1cc(F)ccc1N1CCC(O)C1. The van der Waals surface area contributed by atoms with Gasteiger partial charge in [-0.25, -0.2) is 4.39 Å². The average molecular weight is 223 g/mol. The summed E-state index contributed by atoms with van der Waals surface area (Å²) in [5.41, 5.74) is 6.51. The maximum Gasteiger partial charge on any atom is 0.125 e. The molecule has 4 N–H and O–H groups in total. The molecule has 0 bridgehead atoms. The number of aliphatic hydroxyl groups excluding tert-OH is 1. The number of nitrogen functional groups attached to an aromatic ring is 1. The first-order chi connectivity index (χ1) is 7.58. The number of aliphatic hydroxyl groups is 1. The van der Waals surface area contributed by atoms with Gasteiger partial charge in [-0.1, -0.05) is 0 Å². The lowest BCUT2D eigenvalue weighted by atomic mass is 10.1. The van der Waals surface area contributed by atoms with E-state index in [0.717, 1.165) is 0 Å². The fourth-order valence-electron chi connectivity index (χ4n) is 1.96. The molecule has 1 fully saturated rings. The lowest BCUT2D eigenvalue weighted by Gasteiger charge is -2.21. The predicted molar refractivity (Wildman–Crippen MR) is 60.3 cm³/mol. The molecular formula is C11H14FN3O. The minimum atomic E-state index is -0.409. The summed E-state index contributed by atoms with van der Waals surface area (Å²) < 4.78 is 13.1. The maximum absolute atomic E-state index is 13.1. The van der Waals surface area contributed by atoms with Gasteiger partial charge in [-0.05, 0) is 24.6 Å². The molecule has 1 aromatic carbocycles. The number of nitrogens with two attached hydrogens (primary N) is 1. The minimum absolute atomic E-state index is 0.157. The first-order valence-corrected chi connectivity index (χ1v) is 5.15. The van der Waals surface area contributed by atoms with Crippen molar-refractivity contribution in [1.29, 1.82) is 5.41 Å². The van der Waals surface area contributed by atoms with Crippen molar-refractivity contribution < 1.29 is 9.50 Å². The minimum Gasteiger partial charge on any atom is -0.391 e. The Balaban J connectivity index is 2.36. The molecule has 2 rings (SSSR count). The second kappa shape index (κ2) is 4.09. The lowest BCUT2D eigenvalue weighted by molar-refractivity contribution is 0.198. The third kappa shape index (κ3) is 1.99. The quantitative estimate of drug-likeness (QED) is 0.510. The molecule has 1 saturated heterocycles. The number of benzene rings is 1. The molecule has 5 heteroatoms. The number of nitrogens with one attached hydrogen (secondary N) is 1.